The lowest BCUT2D eigenvalue weighted by molar-refractivity contribution is -0.144. The van der Waals surface area contributed by atoms with Crippen LogP contribution in [0, 0.1) is 0 Å². The number of hydrogen-bond donors (Lipinski definition) is 0. The van der Waals surface area contributed by atoms with Crippen molar-refractivity contribution in [1.29, 1.82) is 0 Å². The number of hydrogen-bond acceptors (Lipinski definition) is 1. The number of halogens is 25. The molecule has 28 heteroatoms. The van der Waals surface area contributed by atoms with Gasteiger partial charge in [-0.05, 0) is 24.3 Å². The molecular weight excluding hydrogens is 954 g/mol. The molecule has 0 spiro atoms. The molecule has 0 N–H and O–H groups in total. The molecule has 0 radical (unpaired) electrons. The maximum atomic E-state index is 14.2. The van der Waals surface area contributed by atoms with Gasteiger partial charge < -0.3 is 0 Å². The molecule has 4 rings (SSSR count). The first kappa shape index (κ1) is 52.8. The summed E-state index contributed by atoms with van der Waals surface area (Å²) in [5.74, 6) is 0. The Hall–Kier alpha value is -4.50. The van der Waals surface area contributed by atoms with Gasteiger partial charge in [0.2, 0.25) is 6.86 Å². The van der Waals surface area contributed by atoms with E-state index < -0.39 is 202 Å². The Bertz CT molecular complexity index is 1800. The summed E-state index contributed by atoms with van der Waals surface area (Å²) >= 11 is -0.191. The van der Waals surface area contributed by atoms with E-state index in [0.29, 0.717) is 0 Å². The Morgan fingerprint density at radius 3 is 0.540 bits per heavy atom. The van der Waals surface area contributed by atoms with Crippen molar-refractivity contribution in [2.45, 2.75) is 49.4 Å². The van der Waals surface area contributed by atoms with Crippen LogP contribution in [-0.4, -0.2) is 25.5 Å². The second-order valence-electron chi connectivity index (χ2n) is 13.2. The van der Waals surface area contributed by atoms with Crippen LogP contribution < -0.4 is 21.9 Å². The highest BCUT2D eigenvalue weighted by molar-refractivity contribution is 7.90. The minimum atomic E-state index is -6.13. The molecule has 0 saturated carbocycles. The predicted molar refractivity (Wildman–Crippen MR) is 176 cm³/mol. The van der Waals surface area contributed by atoms with Gasteiger partial charge in [0.15, 0.2) is 0 Å². The molecule has 0 aromatic heterocycles. The second kappa shape index (κ2) is 17.5. The summed E-state index contributed by atoms with van der Waals surface area (Å²) in [5.41, 5.74) is -30.2. The molecule has 63 heavy (non-hydrogen) atoms. The van der Waals surface area contributed by atoms with E-state index in [9.17, 15) is 110 Å². The van der Waals surface area contributed by atoms with Gasteiger partial charge in [0.1, 0.15) is 29.8 Å². The average Bonchev–Trinajstić information content (AvgIpc) is 3.09. The summed E-state index contributed by atoms with van der Waals surface area (Å²) in [4.78, 5) is 0. The van der Waals surface area contributed by atoms with Gasteiger partial charge in [-0.2, -0.15) is 127 Å². The van der Waals surface area contributed by atoms with E-state index in [2.05, 4.69) is 4.18 Å². The zero-order chi connectivity index (χ0) is 48.9. The molecule has 350 valence electrons. The van der Waals surface area contributed by atoms with Gasteiger partial charge in [-0.15, -0.1) is 4.18 Å². The van der Waals surface area contributed by atoms with Crippen molar-refractivity contribution in [2.75, 3.05) is 19.4 Å². The fourth-order valence-corrected chi connectivity index (χ4v) is 6.34. The maximum absolute atomic E-state index is 14.2. The third kappa shape index (κ3) is 12.6. The topological polar surface area (TPSA) is 9.23 Å². The molecule has 0 unspecified atom stereocenters. The predicted octanol–water partition coefficient (Wildman–Crippen LogP) is 11.9. The Morgan fingerprint density at radius 1 is 0.317 bits per heavy atom. The molecule has 4 aromatic carbocycles. The Morgan fingerprint density at radius 2 is 0.460 bits per heavy atom. The van der Waals surface area contributed by atoms with Crippen molar-refractivity contribution in [1.82, 2.24) is 0 Å². The monoisotopic (exact) mass is 974 g/mol. The lowest BCUT2D eigenvalue weighted by Gasteiger charge is -2.46. The fourth-order valence-electron chi connectivity index (χ4n) is 6.16. The van der Waals surface area contributed by atoms with Crippen LogP contribution in [0.3, 0.4) is 0 Å². The van der Waals surface area contributed by atoms with E-state index in [4.69, 9.17) is 0 Å². The molecule has 0 aliphatic rings. The lowest BCUT2D eigenvalue weighted by Crippen LogP contribution is -2.75. The van der Waals surface area contributed by atoms with Gasteiger partial charge in [0, 0.05) is 0 Å². The van der Waals surface area contributed by atoms with E-state index >= 15 is 0 Å². The average molecular weight is 974 g/mol. The zero-order valence-corrected chi connectivity index (χ0v) is 31.3. The maximum Gasteiger partial charge on any atom is 0.416 e. The molecule has 0 heterocycles. The van der Waals surface area contributed by atoms with E-state index in [0.717, 1.165) is 0 Å². The van der Waals surface area contributed by atoms with Crippen LogP contribution in [0.25, 0.3) is 0 Å². The fraction of sp³-hybridized carbons (Fsp3) is 0.314. The van der Waals surface area contributed by atoms with Crippen LogP contribution in [0.2, 0.25) is 0 Å². The lowest BCUT2D eigenvalue weighted by atomic mass is 9.12. The molecule has 1 nitrogen and oxygen atoms in total. The van der Waals surface area contributed by atoms with Crippen LogP contribution in [0.4, 0.5) is 110 Å². The normalized spacial score (nSPS) is 13.9. The smallest absolute Gasteiger partial charge is 0.214 e. The summed E-state index contributed by atoms with van der Waals surface area (Å²) in [6.07, 6.45) is -51.2. The molecule has 0 aliphatic heterocycles. The highest BCUT2D eigenvalue weighted by Gasteiger charge is 2.47. The first-order chi connectivity index (χ1) is 28.0. The summed E-state index contributed by atoms with van der Waals surface area (Å²) < 4.78 is 356. The van der Waals surface area contributed by atoms with Crippen molar-refractivity contribution >= 4 is 39.2 Å². The van der Waals surface area contributed by atoms with Crippen molar-refractivity contribution < 1.29 is 114 Å². The number of benzene rings is 4. The van der Waals surface area contributed by atoms with Crippen molar-refractivity contribution in [3.05, 3.63) is 117 Å². The molecule has 0 aliphatic carbocycles. The molecule has 0 amide bonds. The molecular formula is C35H20BF25OS. The van der Waals surface area contributed by atoms with Crippen LogP contribution in [-0.2, 0) is 64.8 Å². The third-order valence-electron chi connectivity index (χ3n) is 8.72. The second-order valence-corrected chi connectivity index (χ2v) is 14.9. The van der Waals surface area contributed by atoms with E-state index in [1.807, 2.05) is 12.5 Å². The van der Waals surface area contributed by atoms with Crippen LogP contribution in [0.5, 0.6) is 0 Å². The van der Waals surface area contributed by atoms with Gasteiger partial charge in [0.05, 0.1) is 44.5 Å². The van der Waals surface area contributed by atoms with Gasteiger partial charge >= 0.3 is 49.4 Å². The highest BCUT2D eigenvalue weighted by Crippen LogP contribution is 2.41. The van der Waals surface area contributed by atoms with E-state index in [1.54, 1.807) is 0 Å². The van der Waals surface area contributed by atoms with Crippen molar-refractivity contribution in [2.24, 2.45) is 0 Å². The molecule has 0 atom stereocenters. The van der Waals surface area contributed by atoms with Crippen molar-refractivity contribution in [3.63, 3.8) is 0 Å². The van der Waals surface area contributed by atoms with Crippen LogP contribution >= 0.6 is 0 Å². The van der Waals surface area contributed by atoms with Gasteiger partial charge in [0.25, 0.3) is 0 Å². The molecule has 0 bridgehead atoms. The quantitative estimate of drug-likeness (QED) is 0.106. The van der Waals surface area contributed by atoms with Crippen molar-refractivity contribution in [3.8, 4) is 0 Å². The van der Waals surface area contributed by atoms with Crippen LogP contribution in [0.15, 0.2) is 72.8 Å². The summed E-state index contributed by atoms with van der Waals surface area (Å²) in [5, 5.41) is 0. The Labute approximate surface area is 339 Å². The third-order valence-corrected chi connectivity index (χ3v) is 9.28. The van der Waals surface area contributed by atoms with Gasteiger partial charge in [-0.1, -0.05) is 48.5 Å². The summed E-state index contributed by atoms with van der Waals surface area (Å²) in [6, 6.07) is -8.81. The van der Waals surface area contributed by atoms with Gasteiger partial charge in [-0.25, -0.2) is 4.39 Å². The minimum absolute atomic E-state index is 0.191. The standard InChI is InChI=1S/C32H12BF24.C3H8FOS/c34-25(35,36)13-1-14(26(37,38)39)6-21(5-13)33(22-7-15(27(40,41)42)2-16(8-22)28(43,44)45,23-9-17(29(46,47)48)3-18(10-23)30(49,50)51)24-11-19(31(52,53)54)4-20(12-24)32(55,56)57;1-6(2)5-3-4/h1-12H;3H2,1-2H3/q-1;+1. The number of alkyl halides is 25. The minimum Gasteiger partial charge on any atom is -0.214 e. The highest BCUT2D eigenvalue weighted by atomic mass is 32.2. The van der Waals surface area contributed by atoms with E-state index in [1.165, 1.54) is 0 Å². The Balaban J connectivity index is 0.00000164. The summed E-state index contributed by atoms with van der Waals surface area (Å²) in [6.45, 7) is -0.657. The first-order valence-electron chi connectivity index (χ1n) is 16.2. The Kier molecular flexibility index (Phi) is 14.7. The molecule has 0 saturated heterocycles. The zero-order valence-electron chi connectivity index (χ0n) is 30.5. The van der Waals surface area contributed by atoms with E-state index in [-0.39, 0.29) is 11.2 Å². The SMILES string of the molecule is C[S+](C)OCF.FC(F)(F)c1cc([B-](c2cc(C(F)(F)F)cc(C(F)(F)F)c2)(c2cc(C(F)(F)F)cc(C(F)(F)F)c2)c2cc(C(F)(F)F)cc(C(F)(F)F)c2)cc(C(F)(F)F)c1. The molecule has 0 fully saturated rings. The first-order valence-corrected chi connectivity index (χ1v) is 18.1. The largest absolute Gasteiger partial charge is 0.416 e. The summed E-state index contributed by atoms with van der Waals surface area (Å²) in [7, 11) is 0. The van der Waals surface area contributed by atoms with Gasteiger partial charge in [-0.3, -0.25) is 0 Å². The molecule has 4 aromatic rings. The number of rotatable bonds is 6. The van der Waals surface area contributed by atoms with Crippen LogP contribution in [0.1, 0.15) is 44.5 Å².